The third kappa shape index (κ3) is 2.96. The first-order valence-corrected chi connectivity index (χ1v) is 6.43. The minimum atomic E-state index is 0.243. The molecule has 1 atom stereocenters. The number of nitriles is 1. The summed E-state index contributed by atoms with van der Waals surface area (Å²) in [5.74, 6) is 0.685. The molecule has 0 bridgehead atoms. The van der Waals surface area contributed by atoms with Crippen molar-refractivity contribution in [1.82, 2.24) is 10.2 Å². The predicted octanol–water partition coefficient (Wildman–Crippen LogP) is 1.74. The molecule has 2 rings (SSSR count). The molecule has 96 valence electrons. The van der Waals surface area contributed by atoms with E-state index in [4.69, 9.17) is 10.00 Å². The molecule has 1 saturated heterocycles. The predicted molar refractivity (Wildman–Crippen MR) is 68.2 cm³/mol. The van der Waals surface area contributed by atoms with Crippen LogP contribution in [0.3, 0.4) is 0 Å². The number of aromatic nitrogens is 2. The van der Waals surface area contributed by atoms with Crippen LogP contribution in [0.1, 0.15) is 31.7 Å². The zero-order chi connectivity index (χ0) is 12.8. The fourth-order valence-corrected chi connectivity index (χ4v) is 2.20. The molecule has 0 saturated carbocycles. The van der Waals surface area contributed by atoms with Gasteiger partial charge in [-0.05, 0) is 25.3 Å². The van der Waals surface area contributed by atoms with E-state index in [2.05, 4.69) is 28.1 Å². The molecule has 0 aromatic carbocycles. The van der Waals surface area contributed by atoms with Gasteiger partial charge in [0.15, 0.2) is 5.82 Å². The van der Waals surface area contributed by atoms with Crippen LogP contribution in [0.2, 0.25) is 0 Å². The molecule has 0 spiro atoms. The van der Waals surface area contributed by atoms with Crippen LogP contribution < -0.4 is 4.90 Å². The number of hydrogen-bond donors (Lipinski definition) is 0. The molecule has 0 aliphatic carbocycles. The molecule has 0 amide bonds. The Labute approximate surface area is 107 Å². The van der Waals surface area contributed by atoms with Gasteiger partial charge in [-0.15, -0.1) is 5.10 Å². The van der Waals surface area contributed by atoms with E-state index in [1.165, 1.54) is 0 Å². The van der Waals surface area contributed by atoms with Gasteiger partial charge < -0.3 is 9.64 Å². The van der Waals surface area contributed by atoms with Crippen LogP contribution in [-0.4, -0.2) is 36.0 Å². The molecule has 5 nitrogen and oxygen atoms in total. The molecule has 1 unspecified atom stereocenters. The SMILES string of the molecule is CCCOC1CCCN(c2nnccc2C#N)C1. The van der Waals surface area contributed by atoms with E-state index in [0.29, 0.717) is 11.4 Å². The normalized spacial score (nSPS) is 19.6. The van der Waals surface area contributed by atoms with Gasteiger partial charge in [0, 0.05) is 19.7 Å². The molecule has 0 N–H and O–H groups in total. The summed E-state index contributed by atoms with van der Waals surface area (Å²) in [6, 6.07) is 3.87. The van der Waals surface area contributed by atoms with Crippen molar-refractivity contribution in [3.8, 4) is 6.07 Å². The van der Waals surface area contributed by atoms with Gasteiger partial charge in [-0.1, -0.05) is 6.92 Å². The lowest BCUT2D eigenvalue weighted by molar-refractivity contribution is 0.0439. The first-order valence-electron chi connectivity index (χ1n) is 6.43. The van der Waals surface area contributed by atoms with Gasteiger partial charge in [0.2, 0.25) is 0 Å². The highest BCUT2D eigenvalue weighted by molar-refractivity contribution is 5.52. The van der Waals surface area contributed by atoms with Gasteiger partial charge in [0.1, 0.15) is 6.07 Å². The average Bonchev–Trinajstić information content (AvgIpc) is 2.45. The van der Waals surface area contributed by atoms with Crippen molar-refractivity contribution >= 4 is 5.82 Å². The average molecular weight is 246 g/mol. The lowest BCUT2D eigenvalue weighted by Crippen LogP contribution is -2.40. The number of rotatable bonds is 4. The van der Waals surface area contributed by atoms with Crippen molar-refractivity contribution in [2.24, 2.45) is 0 Å². The molecule has 1 aliphatic heterocycles. The molecular formula is C13H18N4O. The van der Waals surface area contributed by atoms with Crippen molar-refractivity contribution in [2.75, 3.05) is 24.6 Å². The summed E-state index contributed by atoms with van der Waals surface area (Å²) in [7, 11) is 0. The topological polar surface area (TPSA) is 62.0 Å². The van der Waals surface area contributed by atoms with Crippen molar-refractivity contribution in [3.63, 3.8) is 0 Å². The van der Waals surface area contributed by atoms with Crippen LogP contribution >= 0.6 is 0 Å². The molecule has 2 heterocycles. The maximum absolute atomic E-state index is 9.08. The molecule has 1 fully saturated rings. The summed E-state index contributed by atoms with van der Waals surface area (Å²) < 4.78 is 5.78. The minimum Gasteiger partial charge on any atom is -0.376 e. The second-order valence-electron chi connectivity index (χ2n) is 4.46. The summed E-state index contributed by atoms with van der Waals surface area (Å²) in [6.07, 6.45) is 4.98. The van der Waals surface area contributed by atoms with Gasteiger partial charge >= 0.3 is 0 Å². The van der Waals surface area contributed by atoms with Crippen LogP contribution in [0, 0.1) is 11.3 Å². The minimum absolute atomic E-state index is 0.243. The Morgan fingerprint density at radius 3 is 3.28 bits per heavy atom. The lowest BCUT2D eigenvalue weighted by Gasteiger charge is -2.33. The van der Waals surface area contributed by atoms with Gasteiger partial charge in [-0.2, -0.15) is 10.4 Å². The Hall–Kier alpha value is -1.67. The Morgan fingerprint density at radius 1 is 1.61 bits per heavy atom. The van der Waals surface area contributed by atoms with Crippen molar-refractivity contribution in [3.05, 3.63) is 17.8 Å². The first-order chi connectivity index (χ1) is 8.85. The quantitative estimate of drug-likeness (QED) is 0.809. The van der Waals surface area contributed by atoms with Crippen molar-refractivity contribution in [2.45, 2.75) is 32.3 Å². The molecule has 1 aromatic heterocycles. The van der Waals surface area contributed by atoms with Crippen LogP contribution in [-0.2, 0) is 4.74 Å². The summed E-state index contributed by atoms with van der Waals surface area (Å²) in [5, 5.41) is 17.0. The Bertz CT molecular complexity index is 429. The van der Waals surface area contributed by atoms with Gasteiger partial charge in [-0.3, -0.25) is 0 Å². The molecule has 0 radical (unpaired) electrons. The highest BCUT2D eigenvalue weighted by Gasteiger charge is 2.23. The number of ether oxygens (including phenoxy) is 1. The summed E-state index contributed by atoms with van der Waals surface area (Å²) in [6.45, 7) is 4.62. The summed E-state index contributed by atoms with van der Waals surface area (Å²) in [4.78, 5) is 2.11. The third-order valence-corrected chi connectivity index (χ3v) is 3.06. The Balaban J connectivity index is 2.06. The monoisotopic (exact) mass is 246 g/mol. The zero-order valence-corrected chi connectivity index (χ0v) is 10.7. The molecule has 1 aliphatic rings. The Kier molecular flexibility index (Phi) is 4.48. The second-order valence-corrected chi connectivity index (χ2v) is 4.46. The standard InChI is InChI=1S/C13H18N4O/c1-2-8-18-12-4-3-7-17(10-12)13-11(9-14)5-6-15-16-13/h5-6,12H,2-4,7-8,10H2,1H3. The van der Waals surface area contributed by atoms with E-state index in [1.54, 1.807) is 12.3 Å². The van der Waals surface area contributed by atoms with E-state index in [0.717, 1.165) is 39.0 Å². The second kappa shape index (κ2) is 6.31. The lowest BCUT2D eigenvalue weighted by atomic mass is 10.1. The van der Waals surface area contributed by atoms with Gasteiger partial charge in [0.25, 0.3) is 0 Å². The zero-order valence-electron chi connectivity index (χ0n) is 10.7. The maximum Gasteiger partial charge on any atom is 0.169 e. The number of piperidine rings is 1. The van der Waals surface area contributed by atoms with E-state index in [9.17, 15) is 0 Å². The third-order valence-electron chi connectivity index (χ3n) is 3.06. The first kappa shape index (κ1) is 12.8. The fourth-order valence-electron chi connectivity index (χ4n) is 2.20. The number of anilines is 1. The van der Waals surface area contributed by atoms with Gasteiger partial charge in [-0.25, -0.2) is 0 Å². The van der Waals surface area contributed by atoms with Gasteiger partial charge in [0.05, 0.1) is 17.9 Å². The fraction of sp³-hybridized carbons (Fsp3) is 0.615. The largest absolute Gasteiger partial charge is 0.376 e. The van der Waals surface area contributed by atoms with Crippen molar-refractivity contribution in [1.29, 1.82) is 5.26 Å². The highest BCUT2D eigenvalue weighted by Crippen LogP contribution is 2.21. The molecule has 5 heteroatoms. The van der Waals surface area contributed by atoms with E-state index >= 15 is 0 Å². The maximum atomic E-state index is 9.08. The van der Waals surface area contributed by atoms with E-state index < -0.39 is 0 Å². The van der Waals surface area contributed by atoms with Crippen LogP contribution in [0.4, 0.5) is 5.82 Å². The highest BCUT2D eigenvalue weighted by atomic mass is 16.5. The van der Waals surface area contributed by atoms with E-state index in [1.807, 2.05) is 0 Å². The Morgan fingerprint density at radius 2 is 2.50 bits per heavy atom. The van der Waals surface area contributed by atoms with Crippen molar-refractivity contribution < 1.29 is 4.74 Å². The molecule has 18 heavy (non-hydrogen) atoms. The summed E-state index contributed by atoms with van der Waals surface area (Å²) >= 11 is 0. The van der Waals surface area contributed by atoms with E-state index in [-0.39, 0.29) is 6.10 Å². The molecular weight excluding hydrogens is 228 g/mol. The summed E-state index contributed by atoms with van der Waals surface area (Å²) in [5.41, 5.74) is 0.584. The number of nitrogens with zero attached hydrogens (tertiary/aromatic N) is 4. The van der Waals surface area contributed by atoms with Crippen LogP contribution in [0.25, 0.3) is 0 Å². The number of hydrogen-bond acceptors (Lipinski definition) is 5. The van der Waals surface area contributed by atoms with Crippen LogP contribution in [0.5, 0.6) is 0 Å². The molecule has 1 aromatic rings. The van der Waals surface area contributed by atoms with Crippen LogP contribution in [0.15, 0.2) is 12.3 Å². The smallest absolute Gasteiger partial charge is 0.169 e.